The molecule has 1 aromatic heterocycles. The van der Waals surface area contributed by atoms with Crippen molar-refractivity contribution in [2.24, 2.45) is 0 Å². The highest BCUT2D eigenvalue weighted by atomic mass is 16.5. The number of nitrogens with zero attached hydrogens (tertiary/aromatic N) is 1. The summed E-state index contributed by atoms with van der Waals surface area (Å²) in [6.45, 7) is 6.37. The lowest BCUT2D eigenvalue weighted by Gasteiger charge is -2.22. The Morgan fingerprint density at radius 2 is 1.84 bits per heavy atom. The summed E-state index contributed by atoms with van der Waals surface area (Å²) in [6, 6.07) is 9.71. The first-order chi connectivity index (χ1) is 9.02. The van der Waals surface area contributed by atoms with E-state index in [2.05, 4.69) is 31.8 Å². The van der Waals surface area contributed by atoms with Gasteiger partial charge in [-0.25, -0.2) is 0 Å². The normalized spacial score (nSPS) is 11.4. The molecule has 0 amide bonds. The van der Waals surface area contributed by atoms with Crippen LogP contribution in [0.5, 0.6) is 11.5 Å². The van der Waals surface area contributed by atoms with Gasteiger partial charge < -0.3 is 9.84 Å². The van der Waals surface area contributed by atoms with Gasteiger partial charge in [0, 0.05) is 17.3 Å². The number of pyridine rings is 1. The van der Waals surface area contributed by atoms with E-state index < -0.39 is 0 Å². The highest BCUT2D eigenvalue weighted by Gasteiger charge is 2.19. The monoisotopic (exact) mass is 257 g/mol. The third-order valence-electron chi connectivity index (χ3n) is 2.96. The van der Waals surface area contributed by atoms with Gasteiger partial charge in [-0.3, -0.25) is 4.98 Å². The fourth-order valence-electron chi connectivity index (χ4n) is 1.93. The molecule has 2 rings (SSSR count). The molecular weight excluding hydrogens is 238 g/mol. The van der Waals surface area contributed by atoms with Crippen LogP contribution in [0.1, 0.15) is 31.9 Å². The Balaban J connectivity index is 2.39. The molecule has 100 valence electrons. The summed E-state index contributed by atoms with van der Waals surface area (Å²) in [4.78, 5) is 4.05. The van der Waals surface area contributed by atoms with E-state index in [1.165, 1.54) is 0 Å². The fourth-order valence-corrected chi connectivity index (χ4v) is 1.93. The predicted molar refractivity (Wildman–Crippen MR) is 75.4 cm³/mol. The van der Waals surface area contributed by atoms with Gasteiger partial charge in [0.05, 0.1) is 12.8 Å². The van der Waals surface area contributed by atoms with Gasteiger partial charge in [0.25, 0.3) is 0 Å². The summed E-state index contributed by atoms with van der Waals surface area (Å²) in [7, 11) is 0. The molecule has 0 aliphatic rings. The summed E-state index contributed by atoms with van der Waals surface area (Å²) in [5.41, 5.74) is 1.86. The summed E-state index contributed by atoms with van der Waals surface area (Å²) >= 11 is 0. The van der Waals surface area contributed by atoms with Crippen molar-refractivity contribution in [1.29, 1.82) is 0 Å². The molecule has 3 nitrogen and oxygen atoms in total. The van der Waals surface area contributed by atoms with Gasteiger partial charge in [0.2, 0.25) is 0 Å². The van der Waals surface area contributed by atoms with Crippen LogP contribution in [-0.2, 0) is 12.0 Å². The van der Waals surface area contributed by atoms with Crippen LogP contribution >= 0.6 is 0 Å². The van der Waals surface area contributed by atoms with Gasteiger partial charge in [0.1, 0.15) is 5.75 Å². The smallest absolute Gasteiger partial charge is 0.151 e. The van der Waals surface area contributed by atoms with Crippen molar-refractivity contribution in [3.05, 3.63) is 53.9 Å². The molecule has 0 aliphatic heterocycles. The third-order valence-corrected chi connectivity index (χ3v) is 2.96. The molecule has 0 saturated carbocycles. The van der Waals surface area contributed by atoms with Gasteiger partial charge in [-0.2, -0.15) is 0 Å². The van der Waals surface area contributed by atoms with Crippen LogP contribution in [0.3, 0.4) is 0 Å². The van der Waals surface area contributed by atoms with E-state index >= 15 is 0 Å². The van der Waals surface area contributed by atoms with Crippen molar-refractivity contribution in [3.63, 3.8) is 0 Å². The number of para-hydroxylation sites is 1. The van der Waals surface area contributed by atoms with Crippen molar-refractivity contribution in [2.45, 2.75) is 32.8 Å². The Kier molecular flexibility index (Phi) is 3.86. The lowest BCUT2D eigenvalue weighted by atomic mass is 9.86. The van der Waals surface area contributed by atoms with E-state index in [0.29, 0.717) is 5.75 Å². The number of benzene rings is 1. The average molecular weight is 257 g/mol. The molecule has 1 heterocycles. The molecule has 0 spiro atoms. The minimum atomic E-state index is -0.0600. The molecule has 0 fully saturated rings. The van der Waals surface area contributed by atoms with E-state index in [4.69, 9.17) is 4.74 Å². The van der Waals surface area contributed by atoms with Crippen LogP contribution in [0.25, 0.3) is 0 Å². The number of aliphatic hydroxyl groups excluding tert-OH is 1. The van der Waals surface area contributed by atoms with Crippen LogP contribution in [0.2, 0.25) is 0 Å². The molecule has 0 aliphatic carbocycles. The third kappa shape index (κ3) is 3.12. The van der Waals surface area contributed by atoms with Crippen molar-refractivity contribution in [1.82, 2.24) is 4.98 Å². The minimum absolute atomic E-state index is 0.00181. The van der Waals surface area contributed by atoms with Gasteiger partial charge in [-0.15, -0.1) is 0 Å². The first kappa shape index (κ1) is 13.6. The first-order valence-electron chi connectivity index (χ1n) is 6.33. The predicted octanol–water partition coefficient (Wildman–Crippen LogP) is 3.66. The van der Waals surface area contributed by atoms with E-state index in [0.717, 1.165) is 16.9 Å². The van der Waals surface area contributed by atoms with Crippen LogP contribution in [0.15, 0.2) is 42.7 Å². The molecule has 0 bridgehead atoms. The maximum Gasteiger partial charge on any atom is 0.151 e. The topological polar surface area (TPSA) is 42.4 Å². The van der Waals surface area contributed by atoms with Crippen molar-refractivity contribution in [2.75, 3.05) is 0 Å². The van der Waals surface area contributed by atoms with E-state index in [1.807, 2.05) is 18.2 Å². The lowest BCUT2D eigenvalue weighted by Crippen LogP contribution is -2.12. The van der Waals surface area contributed by atoms with Crippen molar-refractivity contribution in [3.8, 4) is 11.5 Å². The zero-order valence-corrected chi connectivity index (χ0v) is 11.6. The molecule has 1 N–H and O–H groups in total. The van der Waals surface area contributed by atoms with Crippen LogP contribution in [0.4, 0.5) is 0 Å². The number of rotatable bonds is 3. The van der Waals surface area contributed by atoms with Crippen LogP contribution in [0, 0.1) is 0 Å². The Bertz CT molecular complexity index is 559. The molecule has 0 radical (unpaired) electrons. The van der Waals surface area contributed by atoms with E-state index in [1.54, 1.807) is 18.5 Å². The van der Waals surface area contributed by atoms with Crippen LogP contribution in [-0.4, -0.2) is 10.1 Å². The average Bonchev–Trinajstić information content (AvgIpc) is 2.39. The molecular formula is C16H19NO2. The highest BCUT2D eigenvalue weighted by molar-refractivity contribution is 5.42. The molecule has 1 aromatic carbocycles. The summed E-state index contributed by atoms with van der Waals surface area (Å²) < 4.78 is 5.94. The maximum absolute atomic E-state index is 9.32. The molecule has 2 aromatic rings. The molecule has 0 atom stereocenters. The second-order valence-corrected chi connectivity index (χ2v) is 5.49. The summed E-state index contributed by atoms with van der Waals surface area (Å²) in [6.07, 6.45) is 3.28. The zero-order chi connectivity index (χ0) is 13.9. The quantitative estimate of drug-likeness (QED) is 0.912. The van der Waals surface area contributed by atoms with E-state index in [9.17, 15) is 5.11 Å². The van der Waals surface area contributed by atoms with Gasteiger partial charge in [-0.1, -0.05) is 39.0 Å². The number of hydrogen-bond acceptors (Lipinski definition) is 3. The Morgan fingerprint density at radius 1 is 1.11 bits per heavy atom. The minimum Gasteiger partial charge on any atom is -0.455 e. The standard InChI is InChI=1S/C16H19NO2/c1-16(2,3)13-6-4-5-7-14(13)19-15-10-17-9-8-12(15)11-18/h4-10,18H,11H2,1-3H3. The molecule has 0 unspecified atom stereocenters. The number of hydrogen-bond donors (Lipinski definition) is 1. The van der Waals surface area contributed by atoms with E-state index in [-0.39, 0.29) is 12.0 Å². The molecule has 19 heavy (non-hydrogen) atoms. The lowest BCUT2D eigenvalue weighted by molar-refractivity contribution is 0.276. The maximum atomic E-state index is 9.32. The first-order valence-corrected chi connectivity index (χ1v) is 6.33. The van der Waals surface area contributed by atoms with Crippen molar-refractivity contribution >= 4 is 0 Å². The molecule has 3 heteroatoms. The van der Waals surface area contributed by atoms with Gasteiger partial charge in [0.15, 0.2) is 5.75 Å². The van der Waals surface area contributed by atoms with Crippen molar-refractivity contribution < 1.29 is 9.84 Å². The fraction of sp³-hybridized carbons (Fsp3) is 0.312. The van der Waals surface area contributed by atoms with Gasteiger partial charge >= 0.3 is 0 Å². The summed E-state index contributed by atoms with van der Waals surface area (Å²) in [5, 5.41) is 9.32. The Labute approximate surface area is 113 Å². The second kappa shape index (κ2) is 5.41. The number of aromatic nitrogens is 1. The van der Waals surface area contributed by atoms with Gasteiger partial charge in [-0.05, 0) is 17.5 Å². The number of ether oxygens (including phenoxy) is 1. The summed E-state index contributed by atoms with van der Waals surface area (Å²) in [5.74, 6) is 1.40. The zero-order valence-electron chi connectivity index (χ0n) is 11.6. The number of aliphatic hydroxyl groups is 1. The Hall–Kier alpha value is -1.87. The second-order valence-electron chi connectivity index (χ2n) is 5.49. The Morgan fingerprint density at radius 3 is 2.53 bits per heavy atom. The SMILES string of the molecule is CC(C)(C)c1ccccc1Oc1cnccc1CO. The largest absolute Gasteiger partial charge is 0.455 e. The highest BCUT2D eigenvalue weighted by Crippen LogP contribution is 2.34. The molecule has 0 saturated heterocycles. The van der Waals surface area contributed by atoms with Crippen LogP contribution < -0.4 is 4.74 Å².